The molecule has 3 atom stereocenters. The fourth-order valence-corrected chi connectivity index (χ4v) is 1.52. The third-order valence-electron chi connectivity index (χ3n) is 2.72. The van der Waals surface area contributed by atoms with Gasteiger partial charge in [0.25, 0.3) is 0 Å². The highest BCUT2D eigenvalue weighted by molar-refractivity contribution is 4.66. The predicted molar refractivity (Wildman–Crippen MR) is 56.1 cm³/mol. The van der Waals surface area contributed by atoms with Gasteiger partial charge in [0.2, 0.25) is 0 Å². The van der Waals surface area contributed by atoms with Gasteiger partial charge in [0, 0.05) is 6.04 Å². The van der Waals surface area contributed by atoms with Gasteiger partial charge in [-0.15, -0.1) is 0 Å². The number of unbranched alkanes of at least 4 members (excludes halogenated alkanes) is 1. The molecular formula is C11H25N. The molecule has 0 fully saturated rings. The standard InChI is InChI=1S/C11H25N/c1-5-6-7-9(2)8-10(3)11(4)12/h9-11H,5-8,12H2,1-4H3. The van der Waals surface area contributed by atoms with Gasteiger partial charge in [-0.05, 0) is 25.2 Å². The molecule has 0 spiro atoms. The van der Waals surface area contributed by atoms with Gasteiger partial charge in [-0.25, -0.2) is 0 Å². The summed E-state index contributed by atoms with van der Waals surface area (Å²) in [5.41, 5.74) is 5.81. The molecule has 0 aliphatic rings. The third kappa shape index (κ3) is 5.59. The van der Waals surface area contributed by atoms with E-state index in [0.29, 0.717) is 12.0 Å². The van der Waals surface area contributed by atoms with Gasteiger partial charge in [0.05, 0.1) is 0 Å². The second-order valence-corrected chi connectivity index (χ2v) is 4.32. The maximum Gasteiger partial charge on any atom is 0.00362 e. The normalized spacial score (nSPS) is 18.8. The minimum atomic E-state index is 0.356. The van der Waals surface area contributed by atoms with Crippen molar-refractivity contribution in [2.24, 2.45) is 17.6 Å². The van der Waals surface area contributed by atoms with Crippen molar-refractivity contribution in [3.63, 3.8) is 0 Å². The largest absolute Gasteiger partial charge is 0.328 e. The van der Waals surface area contributed by atoms with Crippen LogP contribution in [-0.4, -0.2) is 6.04 Å². The second-order valence-electron chi connectivity index (χ2n) is 4.32. The first-order valence-corrected chi connectivity index (χ1v) is 5.33. The molecule has 74 valence electrons. The van der Waals surface area contributed by atoms with Gasteiger partial charge < -0.3 is 5.73 Å². The average Bonchev–Trinajstić information content (AvgIpc) is 2.00. The zero-order valence-electron chi connectivity index (χ0n) is 9.14. The number of hydrogen-bond acceptors (Lipinski definition) is 1. The molecule has 0 radical (unpaired) electrons. The monoisotopic (exact) mass is 171 g/mol. The summed E-state index contributed by atoms with van der Waals surface area (Å²) in [7, 11) is 0. The van der Waals surface area contributed by atoms with Crippen molar-refractivity contribution >= 4 is 0 Å². The molecular weight excluding hydrogens is 146 g/mol. The third-order valence-corrected chi connectivity index (χ3v) is 2.72. The summed E-state index contributed by atoms with van der Waals surface area (Å²) in [6, 6.07) is 0.356. The topological polar surface area (TPSA) is 26.0 Å². The van der Waals surface area contributed by atoms with Crippen LogP contribution in [0.5, 0.6) is 0 Å². The van der Waals surface area contributed by atoms with Crippen molar-refractivity contribution in [3.05, 3.63) is 0 Å². The van der Waals surface area contributed by atoms with Crippen LogP contribution in [0.25, 0.3) is 0 Å². The van der Waals surface area contributed by atoms with Gasteiger partial charge >= 0.3 is 0 Å². The van der Waals surface area contributed by atoms with Crippen LogP contribution in [0.4, 0.5) is 0 Å². The lowest BCUT2D eigenvalue weighted by Gasteiger charge is -2.19. The van der Waals surface area contributed by atoms with Crippen molar-refractivity contribution in [2.75, 3.05) is 0 Å². The summed E-state index contributed by atoms with van der Waals surface area (Å²) in [4.78, 5) is 0. The first kappa shape index (κ1) is 12.0. The Hall–Kier alpha value is -0.0400. The van der Waals surface area contributed by atoms with Crippen molar-refractivity contribution in [1.29, 1.82) is 0 Å². The van der Waals surface area contributed by atoms with Crippen LogP contribution in [0, 0.1) is 11.8 Å². The van der Waals surface area contributed by atoms with Gasteiger partial charge in [0.1, 0.15) is 0 Å². The van der Waals surface area contributed by atoms with E-state index in [1.807, 2.05) is 0 Å². The molecule has 0 saturated carbocycles. The molecule has 1 heteroatoms. The van der Waals surface area contributed by atoms with Crippen molar-refractivity contribution in [2.45, 2.75) is 59.4 Å². The first-order chi connectivity index (χ1) is 5.57. The second kappa shape index (κ2) is 6.47. The summed E-state index contributed by atoms with van der Waals surface area (Å²) >= 11 is 0. The molecule has 0 aliphatic heterocycles. The minimum Gasteiger partial charge on any atom is -0.328 e. The Labute approximate surface area is 77.7 Å². The van der Waals surface area contributed by atoms with E-state index in [1.54, 1.807) is 0 Å². The van der Waals surface area contributed by atoms with Gasteiger partial charge in [-0.3, -0.25) is 0 Å². The van der Waals surface area contributed by atoms with Gasteiger partial charge in [-0.2, -0.15) is 0 Å². The first-order valence-electron chi connectivity index (χ1n) is 5.33. The lowest BCUT2D eigenvalue weighted by molar-refractivity contribution is 0.351. The Balaban J connectivity index is 3.47. The molecule has 3 unspecified atom stereocenters. The predicted octanol–water partition coefficient (Wildman–Crippen LogP) is 3.19. The van der Waals surface area contributed by atoms with Crippen LogP contribution in [0.15, 0.2) is 0 Å². The molecule has 0 aliphatic carbocycles. The number of nitrogens with two attached hydrogens (primary N) is 1. The molecule has 0 aromatic rings. The average molecular weight is 171 g/mol. The van der Waals surface area contributed by atoms with E-state index in [9.17, 15) is 0 Å². The van der Waals surface area contributed by atoms with Crippen molar-refractivity contribution in [1.82, 2.24) is 0 Å². The van der Waals surface area contributed by atoms with E-state index in [1.165, 1.54) is 25.7 Å². The van der Waals surface area contributed by atoms with E-state index < -0.39 is 0 Å². The Morgan fingerprint density at radius 2 is 1.75 bits per heavy atom. The molecule has 0 bridgehead atoms. The molecule has 12 heavy (non-hydrogen) atoms. The van der Waals surface area contributed by atoms with Gasteiger partial charge in [0.15, 0.2) is 0 Å². The summed E-state index contributed by atoms with van der Waals surface area (Å²) in [5.74, 6) is 1.53. The summed E-state index contributed by atoms with van der Waals surface area (Å²) < 4.78 is 0. The molecule has 0 amide bonds. The Morgan fingerprint density at radius 1 is 1.17 bits per heavy atom. The highest BCUT2D eigenvalue weighted by Crippen LogP contribution is 2.18. The fraction of sp³-hybridized carbons (Fsp3) is 1.00. The van der Waals surface area contributed by atoms with Crippen molar-refractivity contribution < 1.29 is 0 Å². The lowest BCUT2D eigenvalue weighted by atomic mass is 9.89. The molecule has 0 aromatic carbocycles. The fourth-order valence-electron chi connectivity index (χ4n) is 1.52. The summed E-state index contributed by atoms with van der Waals surface area (Å²) in [6.45, 7) is 8.96. The highest BCUT2D eigenvalue weighted by Gasteiger charge is 2.11. The smallest absolute Gasteiger partial charge is 0.00362 e. The molecule has 0 rings (SSSR count). The van der Waals surface area contributed by atoms with E-state index in [0.717, 1.165) is 5.92 Å². The van der Waals surface area contributed by atoms with Crippen LogP contribution in [-0.2, 0) is 0 Å². The van der Waals surface area contributed by atoms with Crippen molar-refractivity contribution in [3.8, 4) is 0 Å². The number of rotatable bonds is 6. The van der Waals surface area contributed by atoms with E-state index >= 15 is 0 Å². The highest BCUT2D eigenvalue weighted by atomic mass is 14.6. The lowest BCUT2D eigenvalue weighted by Crippen LogP contribution is -2.25. The minimum absolute atomic E-state index is 0.356. The van der Waals surface area contributed by atoms with E-state index in [4.69, 9.17) is 5.73 Å². The summed E-state index contributed by atoms with van der Waals surface area (Å²) in [6.07, 6.45) is 5.34. The quantitative estimate of drug-likeness (QED) is 0.652. The Bertz CT molecular complexity index is 99.2. The maximum absolute atomic E-state index is 5.81. The number of hydrogen-bond donors (Lipinski definition) is 1. The Morgan fingerprint density at radius 3 is 2.17 bits per heavy atom. The summed E-state index contributed by atoms with van der Waals surface area (Å²) in [5, 5.41) is 0. The zero-order valence-corrected chi connectivity index (χ0v) is 9.14. The van der Waals surface area contributed by atoms with Crippen LogP contribution >= 0.6 is 0 Å². The molecule has 1 nitrogen and oxygen atoms in total. The molecule has 0 aromatic heterocycles. The SMILES string of the molecule is CCCCC(C)CC(C)C(C)N. The van der Waals surface area contributed by atoms with E-state index in [-0.39, 0.29) is 0 Å². The molecule has 2 N–H and O–H groups in total. The molecule has 0 saturated heterocycles. The zero-order chi connectivity index (χ0) is 9.56. The van der Waals surface area contributed by atoms with Crippen LogP contribution in [0.2, 0.25) is 0 Å². The van der Waals surface area contributed by atoms with Crippen LogP contribution < -0.4 is 5.73 Å². The van der Waals surface area contributed by atoms with Crippen LogP contribution in [0.3, 0.4) is 0 Å². The maximum atomic E-state index is 5.81. The molecule has 0 heterocycles. The van der Waals surface area contributed by atoms with E-state index in [2.05, 4.69) is 27.7 Å². The Kier molecular flexibility index (Phi) is 6.45. The van der Waals surface area contributed by atoms with Gasteiger partial charge in [-0.1, -0.05) is 40.0 Å². The van der Waals surface area contributed by atoms with Crippen LogP contribution in [0.1, 0.15) is 53.4 Å².